The Hall–Kier alpha value is -1.86. The molecule has 0 N–H and O–H groups in total. The summed E-state index contributed by atoms with van der Waals surface area (Å²) in [7, 11) is -7.09. The van der Waals surface area contributed by atoms with Gasteiger partial charge in [-0.1, -0.05) is 20.4 Å². The Labute approximate surface area is 252 Å². The summed E-state index contributed by atoms with van der Waals surface area (Å²) < 4.78 is 37.1. The zero-order valence-electron chi connectivity index (χ0n) is 27.2. The van der Waals surface area contributed by atoms with Crippen molar-refractivity contribution in [3.05, 3.63) is 40.3 Å². The lowest BCUT2D eigenvalue weighted by Crippen LogP contribution is -2.46. The number of carbonyl (C=O) groups is 1. The molecule has 230 valence electrons. The van der Waals surface area contributed by atoms with E-state index in [1.54, 1.807) is 14.0 Å². The third kappa shape index (κ3) is 9.31. The Balaban J connectivity index is 2.50. The number of hydrogen-bond donors (Lipinski definition) is 0. The van der Waals surface area contributed by atoms with Gasteiger partial charge in [0.1, 0.15) is 18.2 Å². The van der Waals surface area contributed by atoms with Crippen LogP contribution in [0.3, 0.4) is 0 Å². The summed E-state index contributed by atoms with van der Waals surface area (Å²) in [6, 6.07) is 5.85. The van der Waals surface area contributed by atoms with Gasteiger partial charge in [-0.2, -0.15) is 15.9 Å². The summed E-state index contributed by atoms with van der Waals surface area (Å²) in [6.07, 6.45) is 2.49. The number of methoxy groups -OCH3 is 1. The zero-order valence-corrected chi connectivity index (χ0v) is 31.0. The van der Waals surface area contributed by atoms with Crippen LogP contribution in [0, 0.1) is 11.3 Å². The van der Waals surface area contributed by atoms with Gasteiger partial charge < -0.3 is 22.2 Å². The maximum Gasteiger partial charge on any atom is 0.349 e. The van der Waals surface area contributed by atoms with Gasteiger partial charge in [0.05, 0.1) is 18.6 Å². The monoisotopic (exact) mass is 639 g/mol. The van der Waals surface area contributed by atoms with Crippen molar-refractivity contribution in [3.8, 4) is 17.6 Å². The van der Waals surface area contributed by atoms with E-state index in [1.165, 1.54) is 0 Å². The molecule has 1 atom stereocenters. The van der Waals surface area contributed by atoms with E-state index in [2.05, 4.69) is 65.8 Å². The first kappa shape index (κ1) is 35.3. The second-order valence-corrected chi connectivity index (χ2v) is 28.8. The molecule has 0 radical (unpaired) electrons. The number of nitrogens with zero attached hydrogens (tertiary/aromatic N) is 1. The minimum atomic E-state index is -2.56. The fraction of sp³-hybridized carbons (Fsp3) is 0.586. The Morgan fingerprint density at radius 2 is 1.66 bits per heavy atom. The van der Waals surface area contributed by atoms with E-state index in [0.29, 0.717) is 28.4 Å². The van der Waals surface area contributed by atoms with E-state index in [-0.39, 0.29) is 24.2 Å². The SMILES string of the molecule is C=C(COc1cc2c(cc1OC)C(C)(C)CC2=C(C#N)C(=O)OCC)S(C)(O[Si](C)(C)C)O[Si](C)(C)O[Si](C)(C)C. The van der Waals surface area contributed by atoms with Gasteiger partial charge in [0.25, 0.3) is 0 Å². The third-order valence-corrected chi connectivity index (χ3v) is 17.8. The first-order valence-electron chi connectivity index (χ1n) is 13.8. The predicted octanol–water partition coefficient (Wildman–Crippen LogP) is 7.80. The molecule has 0 heterocycles. The molecule has 0 fully saturated rings. The predicted molar refractivity (Wildman–Crippen MR) is 175 cm³/mol. The molecule has 0 bridgehead atoms. The second kappa shape index (κ2) is 12.8. The number of rotatable bonds is 13. The van der Waals surface area contributed by atoms with Crippen molar-refractivity contribution in [2.45, 2.75) is 85.0 Å². The van der Waals surface area contributed by atoms with Gasteiger partial charge in [-0.25, -0.2) is 4.79 Å². The highest BCUT2D eigenvalue weighted by atomic mass is 32.3. The summed E-state index contributed by atoms with van der Waals surface area (Å²) in [4.78, 5) is 13.3. The smallest absolute Gasteiger partial charge is 0.349 e. The second-order valence-electron chi connectivity index (χ2n) is 13.3. The number of carbonyl (C=O) groups excluding carboxylic acids is 1. The van der Waals surface area contributed by atoms with Crippen LogP contribution in [-0.2, 0) is 26.8 Å². The molecule has 41 heavy (non-hydrogen) atoms. The molecule has 0 spiro atoms. The molecular weight excluding hydrogens is 591 g/mol. The summed E-state index contributed by atoms with van der Waals surface area (Å²) in [6.45, 7) is 27.5. The Morgan fingerprint density at radius 3 is 2.15 bits per heavy atom. The Morgan fingerprint density at radius 1 is 1.05 bits per heavy atom. The van der Waals surface area contributed by atoms with Gasteiger partial charge >= 0.3 is 14.5 Å². The number of ether oxygens (including phenoxy) is 3. The highest BCUT2D eigenvalue weighted by Gasteiger charge is 2.41. The van der Waals surface area contributed by atoms with Crippen LogP contribution in [0.1, 0.15) is 38.3 Å². The van der Waals surface area contributed by atoms with Crippen LogP contribution in [0.4, 0.5) is 0 Å². The molecule has 0 aliphatic heterocycles. The maximum absolute atomic E-state index is 12.6. The van der Waals surface area contributed by atoms with E-state index in [0.717, 1.165) is 11.1 Å². The maximum atomic E-state index is 12.6. The van der Waals surface area contributed by atoms with Crippen molar-refractivity contribution < 1.29 is 30.9 Å². The number of allylic oxidation sites excluding steroid dienone is 1. The van der Waals surface area contributed by atoms with E-state index in [4.69, 9.17) is 26.1 Å². The third-order valence-electron chi connectivity index (χ3n) is 6.10. The largest absolute Gasteiger partial charge is 0.493 e. The van der Waals surface area contributed by atoms with E-state index >= 15 is 0 Å². The highest BCUT2D eigenvalue weighted by molar-refractivity contribution is 8.29. The van der Waals surface area contributed by atoms with Crippen LogP contribution in [0.15, 0.2) is 29.2 Å². The molecule has 1 unspecified atom stereocenters. The number of hydrogen-bond acceptors (Lipinski definition) is 8. The summed E-state index contributed by atoms with van der Waals surface area (Å²) in [5.74, 6) is 0.419. The van der Waals surface area contributed by atoms with Crippen LogP contribution < -0.4 is 9.47 Å². The van der Waals surface area contributed by atoms with Gasteiger partial charge in [0.15, 0.2) is 19.8 Å². The lowest BCUT2D eigenvalue weighted by molar-refractivity contribution is -0.137. The fourth-order valence-electron chi connectivity index (χ4n) is 4.95. The average Bonchev–Trinajstić information content (AvgIpc) is 3.03. The first-order chi connectivity index (χ1) is 18.6. The fourth-order valence-corrected chi connectivity index (χ4v) is 19.8. The summed E-state index contributed by atoms with van der Waals surface area (Å²) >= 11 is 0. The molecule has 8 nitrogen and oxygen atoms in total. The van der Waals surface area contributed by atoms with E-state index < -0.39 is 41.8 Å². The molecule has 12 heteroatoms. The van der Waals surface area contributed by atoms with Gasteiger partial charge in [-0.05, 0) is 100.0 Å². The molecule has 1 aromatic carbocycles. The quantitative estimate of drug-likeness (QED) is 0.0934. The number of esters is 1. The van der Waals surface area contributed by atoms with Crippen molar-refractivity contribution >= 4 is 47.3 Å². The van der Waals surface area contributed by atoms with Crippen LogP contribution >= 0.6 is 10.6 Å². The number of fused-ring (bicyclic) bond motifs is 1. The van der Waals surface area contributed by atoms with Gasteiger partial charge in [-0.15, -0.1) is 0 Å². The molecule has 1 aliphatic rings. The lowest BCUT2D eigenvalue weighted by Gasteiger charge is -2.49. The molecule has 0 saturated heterocycles. The molecule has 0 aromatic heterocycles. The molecular formula is C29H49NO7SSi3. The number of benzene rings is 1. The topological polar surface area (TPSA) is 96.2 Å². The van der Waals surface area contributed by atoms with Crippen molar-refractivity contribution in [3.63, 3.8) is 0 Å². The van der Waals surface area contributed by atoms with Gasteiger partial charge in [-0.3, -0.25) is 3.87 Å². The minimum Gasteiger partial charge on any atom is -0.493 e. The van der Waals surface area contributed by atoms with Crippen molar-refractivity contribution in [1.82, 2.24) is 0 Å². The van der Waals surface area contributed by atoms with Crippen molar-refractivity contribution in [1.29, 1.82) is 5.26 Å². The van der Waals surface area contributed by atoms with Crippen LogP contribution in [0.2, 0.25) is 52.4 Å². The summed E-state index contributed by atoms with van der Waals surface area (Å²) in [5, 5.41) is 9.87. The molecule has 0 amide bonds. The zero-order chi connectivity index (χ0) is 31.6. The lowest BCUT2D eigenvalue weighted by atomic mass is 9.86. The Bertz CT molecular complexity index is 1240. The van der Waals surface area contributed by atoms with E-state index in [9.17, 15) is 10.1 Å². The van der Waals surface area contributed by atoms with Gasteiger partial charge in [0, 0.05) is 6.26 Å². The first-order valence-corrected chi connectivity index (χ1v) is 25.3. The molecule has 0 saturated carbocycles. The molecule has 2 rings (SSSR count). The van der Waals surface area contributed by atoms with Crippen LogP contribution in [0.5, 0.6) is 11.5 Å². The molecule has 1 aromatic rings. The normalized spacial score (nSPS) is 18.4. The van der Waals surface area contributed by atoms with Crippen LogP contribution in [0.25, 0.3) is 5.57 Å². The Kier molecular flexibility index (Phi) is 11.0. The van der Waals surface area contributed by atoms with Crippen LogP contribution in [-0.4, -0.2) is 57.7 Å². The standard InChI is InChI=1S/C29H49NO7SSi3/c1-15-33-28(31)24(19-30)23-18-29(3,4)25-17-26(32-5)27(16-22(23)25)34-20-21(2)38(6,35-39(7,8)9)36-41(13,14)37-40(10,11)12/h16-17H,2,15,18,20H2,1,3-14H3. The van der Waals surface area contributed by atoms with Crippen molar-refractivity contribution in [2.24, 2.45) is 0 Å². The summed E-state index contributed by atoms with van der Waals surface area (Å²) in [5.41, 5.74) is 2.10. The van der Waals surface area contributed by atoms with E-state index in [1.807, 2.05) is 31.5 Å². The average molecular weight is 640 g/mol. The highest BCUT2D eigenvalue weighted by Crippen LogP contribution is 2.58. The molecule has 1 aliphatic carbocycles. The minimum absolute atomic E-state index is 0.0164. The van der Waals surface area contributed by atoms with Crippen molar-refractivity contribution in [2.75, 3.05) is 26.6 Å². The van der Waals surface area contributed by atoms with Gasteiger partial charge in [0.2, 0.25) is 8.32 Å². The number of nitriles is 1.